The van der Waals surface area contributed by atoms with Crippen molar-refractivity contribution in [1.82, 2.24) is 4.98 Å². The normalized spacial score (nSPS) is 10.2. The number of anilines is 2. The number of aromatic nitrogens is 1. The van der Waals surface area contributed by atoms with Crippen molar-refractivity contribution < 1.29 is 9.47 Å². The second-order valence-electron chi connectivity index (χ2n) is 4.00. The van der Waals surface area contributed by atoms with Gasteiger partial charge in [0.25, 0.3) is 0 Å². The summed E-state index contributed by atoms with van der Waals surface area (Å²) in [7, 11) is 0. The maximum atomic E-state index is 5.63. The van der Waals surface area contributed by atoms with E-state index in [0.29, 0.717) is 13.2 Å². The van der Waals surface area contributed by atoms with Crippen LogP contribution in [0.2, 0.25) is 0 Å². The average Bonchev–Trinajstić information content (AvgIpc) is 2.45. The Bertz CT molecular complexity index is 576. The third kappa shape index (κ3) is 3.63. The number of hydrogen-bond acceptors (Lipinski definition) is 4. The highest BCUT2D eigenvalue weighted by atomic mass is 79.9. The summed E-state index contributed by atoms with van der Waals surface area (Å²) in [5.41, 5.74) is 1.79. The fourth-order valence-electron chi connectivity index (χ4n) is 1.77. The summed E-state index contributed by atoms with van der Waals surface area (Å²) < 4.78 is 12.1. The summed E-state index contributed by atoms with van der Waals surface area (Å²) in [4.78, 5) is 4.05. The number of halogens is 1. The fraction of sp³-hybridized carbons (Fsp3) is 0.267. The van der Waals surface area contributed by atoms with Crippen LogP contribution in [0.15, 0.2) is 41.1 Å². The summed E-state index contributed by atoms with van der Waals surface area (Å²) >= 11 is 3.47. The lowest BCUT2D eigenvalue weighted by atomic mass is 10.2. The molecular formula is C15H17BrN2O2. The molecule has 2 rings (SSSR count). The second kappa shape index (κ2) is 7.14. The largest absolute Gasteiger partial charge is 0.494 e. The van der Waals surface area contributed by atoms with Gasteiger partial charge in [-0.05, 0) is 48.0 Å². The van der Waals surface area contributed by atoms with Crippen LogP contribution in [-0.4, -0.2) is 18.2 Å². The van der Waals surface area contributed by atoms with Crippen LogP contribution in [0.5, 0.6) is 11.5 Å². The Kier molecular flexibility index (Phi) is 5.24. The molecule has 0 unspecified atom stereocenters. The first-order valence-corrected chi connectivity index (χ1v) is 7.30. The molecule has 106 valence electrons. The Morgan fingerprint density at radius 2 is 1.90 bits per heavy atom. The monoisotopic (exact) mass is 336 g/mol. The van der Waals surface area contributed by atoms with Crippen molar-refractivity contribution in [1.29, 1.82) is 0 Å². The van der Waals surface area contributed by atoms with E-state index in [1.165, 1.54) is 0 Å². The predicted molar refractivity (Wildman–Crippen MR) is 84.0 cm³/mol. The van der Waals surface area contributed by atoms with Gasteiger partial charge in [0.15, 0.2) is 0 Å². The Labute approximate surface area is 127 Å². The summed E-state index contributed by atoms with van der Waals surface area (Å²) in [5, 5.41) is 3.33. The maximum absolute atomic E-state index is 5.63. The van der Waals surface area contributed by atoms with Crippen molar-refractivity contribution in [2.75, 3.05) is 18.5 Å². The van der Waals surface area contributed by atoms with Gasteiger partial charge >= 0.3 is 0 Å². The van der Waals surface area contributed by atoms with E-state index in [0.717, 1.165) is 27.3 Å². The summed E-state index contributed by atoms with van der Waals surface area (Å²) in [6.45, 7) is 5.16. The van der Waals surface area contributed by atoms with E-state index < -0.39 is 0 Å². The van der Waals surface area contributed by atoms with Crippen LogP contribution in [0.4, 0.5) is 11.4 Å². The van der Waals surface area contributed by atoms with E-state index in [1.807, 2.05) is 38.1 Å². The van der Waals surface area contributed by atoms with E-state index in [4.69, 9.17) is 9.47 Å². The molecule has 5 heteroatoms. The minimum Gasteiger partial charge on any atom is -0.494 e. The lowest BCUT2D eigenvalue weighted by Crippen LogP contribution is -2.00. The van der Waals surface area contributed by atoms with E-state index >= 15 is 0 Å². The first-order chi connectivity index (χ1) is 9.74. The SMILES string of the molecule is CCOc1ccc(OCC)c(Nc2ccncc2Br)c1. The van der Waals surface area contributed by atoms with Gasteiger partial charge in [0.2, 0.25) is 0 Å². The highest BCUT2D eigenvalue weighted by molar-refractivity contribution is 9.10. The molecule has 0 spiro atoms. The predicted octanol–water partition coefficient (Wildman–Crippen LogP) is 4.39. The molecule has 1 heterocycles. The van der Waals surface area contributed by atoms with Gasteiger partial charge in [-0.15, -0.1) is 0 Å². The van der Waals surface area contributed by atoms with E-state index in [2.05, 4.69) is 26.2 Å². The van der Waals surface area contributed by atoms with Crippen LogP contribution < -0.4 is 14.8 Å². The highest BCUT2D eigenvalue weighted by Crippen LogP contribution is 2.33. The second-order valence-corrected chi connectivity index (χ2v) is 4.86. The standard InChI is InChI=1S/C15H17BrN2O2/c1-3-19-11-5-6-15(20-4-2)14(9-11)18-13-7-8-17-10-12(13)16/h5-10H,3-4H2,1-2H3,(H,17,18). The van der Waals surface area contributed by atoms with Crippen molar-refractivity contribution in [2.45, 2.75) is 13.8 Å². The molecule has 0 atom stereocenters. The smallest absolute Gasteiger partial charge is 0.142 e. The van der Waals surface area contributed by atoms with Crippen LogP contribution in [-0.2, 0) is 0 Å². The maximum Gasteiger partial charge on any atom is 0.142 e. The number of rotatable bonds is 6. The zero-order valence-electron chi connectivity index (χ0n) is 11.5. The minimum atomic E-state index is 0.611. The Morgan fingerprint density at radius 3 is 2.60 bits per heavy atom. The Balaban J connectivity index is 2.32. The summed E-state index contributed by atoms with van der Waals surface area (Å²) in [5.74, 6) is 1.60. The first kappa shape index (κ1) is 14.7. The number of benzene rings is 1. The minimum absolute atomic E-state index is 0.611. The summed E-state index contributed by atoms with van der Waals surface area (Å²) in [6.07, 6.45) is 3.48. The van der Waals surface area contributed by atoms with Gasteiger partial charge in [0.05, 0.1) is 29.1 Å². The number of ether oxygens (including phenoxy) is 2. The lowest BCUT2D eigenvalue weighted by molar-refractivity contribution is 0.332. The quantitative estimate of drug-likeness (QED) is 0.849. The van der Waals surface area contributed by atoms with Crippen molar-refractivity contribution in [2.24, 2.45) is 0 Å². The van der Waals surface area contributed by atoms with Crippen LogP contribution >= 0.6 is 15.9 Å². The molecule has 0 saturated heterocycles. The van der Waals surface area contributed by atoms with Gasteiger partial charge in [-0.2, -0.15) is 0 Å². The molecule has 20 heavy (non-hydrogen) atoms. The molecular weight excluding hydrogens is 320 g/mol. The van der Waals surface area contributed by atoms with Crippen molar-refractivity contribution in [3.8, 4) is 11.5 Å². The molecule has 2 aromatic rings. The third-order valence-corrected chi connectivity index (χ3v) is 3.24. The highest BCUT2D eigenvalue weighted by Gasteiger charge is 2.08. The van der Waals surface area contributed by atoms with Crippen LogP contribution in [0.1, 0.15) is 13.8 Å². The van der Waals surface area contributed by atoms with Crippen LogP contribution in [0, 0.1) is 0 Å². The average molecular weight is 337 g/mol. The molecule has 0 aliphatic heterocycles. The Hall–Kier alpha value is -1.75. The molecule has 0 saturated carbocycles. The molecule has 0 amide bonds. The summed E-state index contributed by atoms with van der Waals surface area (Å²) in [6, 6.07) is 7.64. The van der Waals surface area contributed by atoms with E-state index in [-0.39, 0.29) is 0 Å². The number of nitrogens with zero attached hydrogens (tertiary/aromatic N) is 1. The number of pyridine rings is 1. The van der Waals surface area contributed by atoms with Crippen molar-refractivity contribution >= 4 is 27.3 Å². The molecule has 0 aliphatic rings. The molecule has 1 aromatic heterocycles. The van der Waals surface area contributed by atoms with E-state index in [1.54, 1.807) is 12.4 Å². The van der Waals surface area contributed by atoms with Gasteiger partial charge in [0, 0.05) is 18.5 Å². The van der Waals surface area contributed by atoms with Gasteiger partial charge in [-0.25, -0.2) is 0 Å². The van der Waals surface area contributed by atoms with E-state index in [9.17, 15) is 0 Å². The third-order valence-electron chi connectivity index (χ3n) is 2.60. The van der Waals surface area contributed by atoms with Crippen LogP contribution in [0.25, 0.3) is 0 Å². The number of hydrogen-bond donors (Lipinski definition) is 1. The van der Waals surface area contributed by atoms with Crippen LogP contribution in [0.3, 0.4) is 0 Å². The molecule has 0 fully saturated rings. The van der Waals surface area contributed by atoms with Gasteiger partial charge in [-0.3, -0.25) is 4.98 Å². The zero-order chi connectivity index (χ0) is 14.4. The van der Waals surface area contributed by atoms with Gasteiger partial charge in [0.1, 0.15) is 11.5 Å². The zero-order valence-corrected chi connectivity index (χ0v) is 13.1. The molecule has 1 aromatic carbocycles. The van der Waals surface area contributed by atoms with Crippen molar-refractivity contribution in [3.63, 3.8) is 0 Å². The Morgan fingerprint density at radius 1 is 1.10 bits per heavy atom. The van der Waals surface area contributed by atoms with Gasteiger partial charge in [-0.1, -0.05) is 0 Å². The molecule has 4 nitrogen and oxygen atoms in total. The first-order valence-electron chi connectivity index (χ1n) is 6.50. The lowest BCUT2D eigenvalue weighted by Gasteiger charge is -2.15. The number of nitrogens with one attached hydrogen (secondary N) is 1. The molecule has 1 N–H and O–H groups in total. The fourth-order valence-corrected chi connectivity index (χ4v) is 2.12. The molecule has 0 aliphatic carbocycles. The van der Waals surface area contributed by atoms with Crippen molar-refractivity contribution in [3.05, 3.63) is 41.1 Å². The molecule has 0 bridgehead atoms. The van der Waals surface area contributed by atoms with Gasteiger partial charge < -0.3 is 14.8 Å². The topological polar surface area (TPSA) is 43.4 Å². The molecule has 0 radical (unpaired) electrons.